The number of nitrogens with zero attached hydrogens (tertiary/aromatic N) is 1. The molecule has 0 aliphatic carbocycles. The Labute approximate surface area is 104 Å². The van der Waals surface area contributed by atoms with Crippen LogP contribution in [0.4, 0.5) is 4.79 Å². The van der Waals surface area contributed by atoms with Gasteiger partial charge in [0.1, 0.15) is 12.6 Å². The Kier molecular flexibility index (Phi) is 4.03. The third-order valence-electron chi connectivity index (χ3n) is 2.34. The Morgan fingerprint density at radius 2 is 2.12 bits per heavy atom. The molecular formula is C10H16N2O4S. The third kappa shape index (κ3) is 3.62. The number of carbonyl (C=O) groups excluding carboxylic acids is 2. The lowest BCUT2D eigenvalue weighted by molar-refractivity contribution is -0.148. The summed E-state index contributed by atoms with van der Waals surface area (Å²) < 4.78 is 0. The number of rotatable bonds is 3. The lowest BCUT2D eigenvalue weighted by Crippen LogP contribution is -2.54. The maximum Gasteiger partial charge on any atom is 0.323 e. The van der Waals surface area contributed by atoms with Gasteiger partial charge in [-0.1, -0.05) is 11.8 Å². The van der Waals surface area contributed by atoms with Crippen molar-refractivity contribution in [3.05, 3.63) is 0 Å². The van der Waals surface area contributed by atoms with Gasteiger partial charge in [0.25, 0.3) is 5.24 Å². The van der Waals surface area contributed by atoms with Crippen LogP contribution in [0.5, 0.6) is 0 Å². The first-order chi connectivity index (χ1) is 7.71. The van der Waals surface area contributed by atoms with Crippen LogP contribution in [0.15, 0.2) is 0 Å². The molecule has 0 bridgehead atoms. The van der Waals surface area contributed by atoms with Gasteiger partial charge in [-0.3, -0.25) is 14.4 Å². The van der Waals surface area contributed by atoms with E-state index in [1.165, 1.54) is 4.90 Å². The fourth-order valence-electron chi connectivity index (χ4n) is 1.49. The van der Waals surface area contributed by atoms with Crippen LogP contribution in [0.25, 0.3) is 0 Å². The van der Waals surface area contributed by atoms with E-state index >= 15 is 0 Å². The van der Waals surface area contributed by atoms with Crippen molar-refractivity contribution in [3.8, 4) is 0 Å². The van der Waals surface area contributed by atoms with Crippen molar-refractivity contribution < 1.29 is 19.5 Å². The van der Waals surface area contributed by atoms with Gasteiger partial charge in [-0.2, -0.15) is 0 Å². The zero-order valence-corrected chi connectivity index (χ0v) is 10.8. The molecule has 0 aromatic carbocycles. The van der Waals surface area contributed by atoms with Crippen molar-refractivity contribution in [2.24, 2.45) is 0 Å². The Balaban J connectivity index is 2.79. The number of amides is 2. The van der Waals surface area contributed by atoms with Crippen LogP contribution in [0, 0.1) is 0 Å². The molecule has 0 saturated carbocycles. The molecule has 2 N–H and O–H groups in total. The van der Waals surface area contributed by atoms with Crippen molar-refractivity contribution in [1.82, 2.24) is 10.2 Å². The van der Waals surface area contributed by atoms with Crippen molar-refractivity contribution in [1.29, 1.82) is 0 Å². The van der Waals surface area contributed by atoms with Gasteiger partial charge >= 0.3 is 5.97 Å². The number of hydrogen-bond donors (Lipinski definition) is 2. The smallest absolute Gasteiger partial charge is 0.323 e. The molecule has 0 spiro atoms. The summed E-state index contributed by atoms with van der Waals surface area (Å²) in [5, 5.41) is 11.1. The predicted molar refractivity (Wildman–Crippen MR) is 63.9 cm³/mol. The van der Waals surface area contributed by atoms with Crippen molar-refractivity contribution in [2.75, 3.05) is 12.3 Å². The largest absolute Gasteiger partial charge is 0.480 e. The summed E-state index contributed by atoms with van der Waals surface area (Å²) in [6.45, 7) is 4.92. The van der Waals surface area contributed by atoms with Gasteiger partial charge in [0.05, 0.1) is 0 Å². The van der Waals surface area contributed by atoms with Gasteiger partial charge in [-0.25, -0.2) is 0 Å². The normalized spacial score (nSPS) is 19.9. The molecular weight excluding hydrogens is 244 g/mol. The van der Waals surface area contributed by atoms with E-state index in [1.807, 2.05) is 0 Å². The second kappa shape index (κ2) is 4.95. The molecule has 6 nitrogen and oxygen atoms in total. The minimum absolute atomic E-state index is 0.243. The highest BCUT2D eigenvalue weighted by Crippen LogP contribution is 2.19. The first kappa shape index (κ1) is 13.8. The van der Waals surface area contributed by atoms with Crippen molar-refractivity contribution >= 4 is 28.9 Å². The Morgan fingerprint density at radius 3 is 2.47 bits per heavy atom. The fourth-order valence-corrected chi connectivity index (χ4v) is 2.26. The van der Waals surface area contributed by atoms with E-state index in [0.717, 1.165) is 11.8 Å². The molecule has 96 valence electrons. The maximum atomic E-state index is 12.1. The predicted octanol–water partition coefficient (Wildman–Crippen LogP) is 0.523. The van der Waals surface area contributed by atoms with Crippen LogP contribution in [0.1, 0.15) is 20.8 Å². The van der Waals surface area contributed by atoms with Gasteiger partial charge in [0.15, 0.2) is 0 Å². The van der Waals surface area contributed by atoms with E-state index in [9.17, 15) is 14.4 Å². The molecule has 7 heteroatoms. The lowest BCUT2D eigenvalue weighted by atomic mass is 10.0. The SMILES string of the molecule is CC(C)(C)N(CC(=O)O)C(=O)C1CSC(=O)N1. The van der Waals surface area contributed by atoms with Crippen LogP contribution >= 0.6 is 11.8 Å². The van der Waals surface area contributed by atoms with E-state index in [0.29, 0.717) is 5.75 Å². The van der Waals surface area contributed by atoms with Gasteiger partial charge in [0.2, 0.25) is 5.91 Å². The standard InChI is InChI=1S/C10H16N2O4S/c1-10(2,3)12(4-7(13)14)8(15)6-5-17-9(16)11-6/h6H,4-5H2,1-3H3,(H,11,16)(H,13,14). The average molecular weight is 260 g/mol. The second-order valence-corrected chi connectivity index (χ2v) is 5.78. The lowest BCUT2D eigenvalue weighted by Gasteiger charge is -2.35. The van der Waals surface area contributed by atoms with E-state index in [4.69, 9.17) is 5.11 Å². The van der Waals surface area contributed by atoms with Crippen molar-refractivity contribution in [2.45, 2.75) is 32.4 Å². The van der Waals surface area contributed by atoms with Crippen LogP contribution in [-0.2, 0) is 9.59 Å². The molecule has 0 radical (unpaired) electrons. The Bertz CT molecular complexity index is 351. The molecule has 0 aromatic heterocycles. The van der Waals surface area contributed by atoms with Crippen LogP contribution in [-0.4, -0.2) is 51.0 Å². The maximum absolute atomic E-state index is 12.1. The highest BCUT2D eigenvalue weighted by molar-refractivity contribution is 8.14. The van der Waals surface area contributed by atoms with Crippen LogP contribution < -0.4 is 5.32 Å². The number of carboxylic acids is 1. The highest BCUT2D eigenvalue weighted by atomic mass is 32.2. The number of thioether (sulfide) groups is 1. The number of aliphatic carboxylic acids is 1. The quantitative estimate of drug-likeness (QED) is 0.772. The zero-order valence-electron chi connectivity index (χ0n) is 10.0. The molecule has 1 atom stereocenters. The molecule has 2 amide bonds. The average Bonchev–Trinajstić information content (AvgIpc) is 2.58. The summed E-state index contributed by atoms with van der Waals surface area (Å²) in [5.74, 6) is -1.06. The van der Waals surface area contributed by atoms with Gasteiger partial charge in [0, 0.05) is 11.3 Å². The molecule has 1 unspecified atom stereocenters. The molecule has 1 fully saturated rings. The van der Waals surface area contributed by atoms with Crippen LogP contribution in [0.3, 0.4) is 0 Å². The van der Waals surface area contributed by atoms with E-state index in [2.05, 4.69) is 5.32 Å². The number of nitrogens with one attached hydrogen (secondary N) is 1. The Morgan fingerprint density at radius 1 is 1.53 bits per heavy atom. The van der Waals surface area contributed by atoms with E-state index < -0.39 is 17.6 Å². The summed E-state index contributed by atoms with van der Waals surface area (Å²) >= 11 is 1.04. The number of hydrogen-bond acceptors (Lipinski definition) is 4. The molecule has 1 saturated heterocycles. The summed E-state index contributed by atoms with van der Waals surface area (Å²) in [7, 11) is 0. The molecule has 1 heterocycles. The van der Waals surface area contributed by atoms with Crippen LogP contribution in [0.2, 0.25) is 0 Å². The van der Waals surface area contributed by atoms with Gasteiger partial charge in [-0.15, -0.1) is 0 Å². The first-order valence-electron chi connectivity index (χ1n) is 5.18. The molecule has 1 rings (SSSR count). The Hall–Kier alpha value is -1.24. The third-order valence-corrected chi connectivity index (χ3v) is 3.22. The monoisotopic (exact) mass is 260 g/mol. The van der Waals surface area contributed by atoms with E-state index in [1.54, 1.807) is 20.8 Å². The minimum atomic E-state index is -1.06. The zero-order chi connectivity index (χ0) is 13.2. The first-order valence-corrected chi connectivity index (χ1v) is 6.17. The van der Waals surface area contributed by atoms with Gasteiger partial charge < -0.3 is 15.3 Å². The fraction of sp³-hybridized carbons (Fsp3) is 0.700. The molecule has 0 aromatic rings. The van der Waals surface area contributed by atoms with Crippen molar-refractivity contribution in [3.63, 3.8) is 0 Å². The van der Waals surface area contributed by atoms with E-state index in [-0.39, 0.29) is 17.7 Å². The van der Waals surface area contributed by atoms with Gasteiger partial charge in [-0.05, 0) is 20.8 Å². The minimum Gasteiger partial charge on any atom is -0.480 e. The topological polar surface area (TPSA) is 86.7 Å². The molecule has 1 aliphatic rings. The summed E-state index contributed by atoms with van der Waals surface area (Å²) in [6.07, 6.45) is 0. The number of carboxylic acid groups (broad SMARTS) is 1. The summed E-state index contributed by atoms with van der Waals surface area (Å²) in [6, 6.07) is -0.619. The highest BCUT2D eigenvalue weighted by Gasteiger charge is 2.36. The summed E-state index contributed by atoms with van der Waals surface area (Å²) in [4.78, 5) is 35.1. The molecule has 1 aliphatic heterocycles. The summed E-state index contributed by atoms with van der Waals surface area (Å²) in [5.41, 5.74) is -0.590. The molecule has 17 heavy (non-hydrogen) atoms. The second-order valence-electron chi connectivity index (χ2n) is 4.78. The number of carbonyl (C=O) groups is 3.